The standard InChI is InChI=1S/C10H15N3O6/c11-13-12-6-2-4(10(18)19)1-5(8(6)16)9(17)7(15)3-14/h1,5-9,14-17H,2-3H2,(H,18,19). The van der Waals surface area contributed by atoms with Crippen LogP contribution in [0.1, 0.15) is 6.42 Å². The molecule has 0 spiro atoms. The van der Waals surface area contributed by atoms with Gasteiger partial charge in [-0.1, -0.05) is 11.2 Å². The van der Waals surface area contributed by atoms with Gasteiger partial charge in [0.2, 0.25) is 0 Å². The molecule has 1 rings (SSSR count). The second-order valence-corrected chi connectivity index (χ2v) is 4.28. The average Bonchev–Trinajstić information content (AvgIpc) is 2.39. The van der Waals surface area contributed by atoms with Crippen molar-refractivity contribution in [3.05, 3.63) is 22.1 Å². The lowest BCUT2D eigenvalue weighted by molar-refractivity contribution is -0.133. The van der Waals surface area contributed by atoms with Crippen LogP contribution in [0.25, 0.3) is 10.4 Å². The van der Waals surface area contributed by atoms with Crippen LogP contribution in [0.15, 0.2) is 16.8 Å². The Labute approximate surface area is 108 Å². The van der Waals surface area contributed by atoms with Gasteiger partial charge in [-0.2, -0.15) is 0 Å². The predicted octanol–water partition coefficient (Wildman–Crippen LogP) is -1.23. The summed E-state index contributed by atoms with van der Waals surface area (Å²) in [5.74, 6) is -2.40. The number of rotatable bonds is 5. The van der Waals surface area contributed by atoms with Gasteiger partial charge in [0.15, 0.2) is 0 Å². The summed E-state index contributed by atoms with van der Waals surface area (Å²) in [6, 6.07) is -1.05. The SMILES string of the molecule is [N-]=[N+]=NC1CC(C(=O)O)=CC(C(O)C(O)CO)C1O. The van der Waals surface area contributed by atoms with E-state index in [0.717, 1.165) is 6.08 Å². The molecule has 0 saturated heterocycles. The molecule has 0 aromatic heterocycles. The number of carbonyl (C=O) groups is 1. The van der Waals surface area contributed by atoms with Gasteiger partial charge in [-0.25, -0.2) is 4.79 Å². The lowest BCUT2D eigenvalue weighted by atomic mass is 9.80. The van der Waals surface area contributed by atoms with E-state index in [4.69, 9.17) is 15.7 Å². The van der Waals surface area contributed by atoms with Crippen LogP contribution in [0.2, 0.25) is 0 Å². The van der Waals surface area contributed by atoms with Crippen molar-refractivity contribution in [1.82, 2.24) is 0 Å². The van der Waals surface area contributed by atoms with Crippen LogP contribution in [0.3, 0.4) is 0 Å². The Morgan fingerprint density at radius 2 is 2.21 bits per heavy atom. The van der Waals surface area contributed by atoms with Gasteiger partial charge in [0, 0.05) is 16.4 Å². The Bertz CT molecular complexity index is 419. The van der Waals surface area contributed by atoms with E-state index < -0.39 is 42.8 Å². The van der Waals surface area contributed by atoms with Crippen molar-refractivity contribution in [2.24, 2.45) is 11.0 Å². The summed E-state index contributed by atoms with van der Waals surface area (Å²) in [5, 5.41) is 50.0. The number of nitrogens with zero attached hydrogens (tertiary/aromatic N) is 3. The maximum Gasteiger partial charge on any atom is 0.331 e. The highest BCUT2D eigenvalue weighted by atomic mass is 16.4. The minimum Gasteiger partial charge on any atom is -0.478 e. The Morgan fingerprint density at radius 1 is 1.58 bits per heavy atom. The van der Waals surface area contributed by atoms with Crippen LogP contribution in [0, 0.1) is 5.92 Å². The van der Waals surface area contributed by atoms with Crippen LogP contribution < -0.4 is 0 Å². The molecule has 9 nitrogen and oxygen atoms in total. The minimum atomic E-state index is -1.56. The summed E-state index contributed by atoms with van der Waals surface area (Å²) in [4.78, 5) is 13.5. The maximum absolute atomic E-state index is 10.9. The molecule has 0 saturated carbocycles. The summed E-state index contributed by atoms with van der Waals surface area (Å²) >= 11 is 0. The van der Waals surface area contributed by atoms with Gasteiger partial charge in [0.1, 0.15) is 6.10 Å². The second-order valence-electron chi connectivity index (χ2n) is 4.28. The molecule has 0 aromatic carbocycles. The fourth-order valence-electron chi connectivity index (χ4n) is 2.00. The molecule has 5 atom stereocenters. The number of carboxylic acids is 1. The zero-order valence-electron chi connectivity index (χ0n) is 9.86. The molecule has 9 heteroatoms. The zero-order valence-corrected chi connectivity index (χ0v) is 9.86. The largest absolute Gasteiger partial charge is 0.478 e. The molecule has 0 bridgehead atoms. The number of aliphatic hydroxyl groups is 4. The molecule has 106 valence electrons. The number of hydrogen-bond acceptors (Lipinski definition) is 6. The van der Waals surface area contributed by atoms with E-state index in [1.165, 1.54) is 0 Å². The van der Waals surface area contributed by atoms with Crippen molar-refractivity contribution in [3.63, 3.8) is 0 Å². The van der Waals surface area contributed by atoms with Crippen molar-refractivity contribution < 1.29 is 30.3 Å². The van der Waals surface area contributed by atoms with Crippen molar-refractivity contribution >= 4 is 5.97 Å². The molecule has 1 aliphatic rings. The number of azide groups is 1. The first-order valence-corrected chi connectivity index (χ1v) is 5.55. The first kappa shape index (κ1) is 15.4. The maximum atomic E-state index is 10.9. The molecule has 5 unspecified atom stereocenters. The van der Waals surface area contributed by atoms with E-state index in [-0.39, 0.29) is 12.0 Å². The normalized spacial score (nSPS) is 29.9. The predicted molar refractivity (Wildman–Crippen MR) is 61.9 cm³/mol. The highest BCUT2D eigenvalue weighted by molar-refractivity contribution is 5.87. The molecular formula is C10H15N3O6. The average molecular weight is 273 g/mol. The van der Waals surface area contributed by atoms with E-state index >= 15 is 0 Å². The van der Waals surface area contributed by atoms with Gasteiger partial charge in [0.05, 0.1) is 24.9 Å². The van der Waals surface area contributed by atoms with E-state index in [9.17, 15) is 20.1 Å². The molecular weight excluding hydrogens is 258 g/mol. The first-order valence-electron chi connectivity index (χ1n) is 5.55. The summed E-state index contributed by atoms with van der Waals surface area (Å²) in [6.45, 7) is -0.743. The number of aliphatic carboxylic acids is 1. The zero-order chi connectivity index (χ0) is 14.6. The number of hydrogen-bond donors (Lipinski definition) is 5. The fraction of sp³-hybridized carbons (Fsp3) is 0.700. The van der Waals surface area contributed by atoms with Gasteiger partial charge < -0.3 is 25.5 Å². The van der Waals surface area contributed by atoms with Crippen LogP contribution >= 0.6 is 0 Å². The van der Waals surface area contributed by atoms with E-state index in [1.807, 2.05) is 0 Å². The van der Waals surface area contributed by atoms with Crippen LogP contribution in [0.5, 0.6) is 0 Å². The lowest BCUT2D eigenvalue weighted by Crippen LogP contribution is -2.47. The van der Waals surface area contributed by atoms with E-state index in [0.29, 0.717) is 0 Å². The first-order chi connectivity index (χ1) is 8.92. The van der Waals surface area contributed by atoms with E-state index in [2.05, 4.69) is 10.0 Å². The van der Waals surface area contributed by atoms with Gasteiger partial charge in [0.25, 0.3) is 0 Å². The van der Waals surface area contributed by atoms with Crippen LogP contribution in [-0.4, -0.2) is 62.5 Å². The molecule has 19 heavy (non-hydrogen) atoms. The number of carboxylic acid groups (broad SMARTS) is 1. The van der Waals surface area contributed by atoms with Crippen molar-refractivity contribution in [1.29, 1.82) is 0 Å². The van der Waals surface area contributed by atoms with Crippen LogP contribution in [0.4, 0.5) is 0 Å². The summed E-state index contributed by atoms with van der Waals surface area (Å²) in [6.07, 6.45) is -3.49. The van der Waals surface area contributed by atoms with Gasteiger partial charge >= 0.3 is 5.97 Å². The Balaban J connectivity index is 3.07. The monoisotopic (exact) mass is 273 g/mol. The molecule has 0 fully saturated rings. The van der Waals surface area contributed by atoms with Crippen LogP contribution in [-0.2, 0) is 4.79 Å². The third-order valence-electron chi connectivity index (χ3n) is 3.06. The molecule has 0 aliphatic heterocycles. The Kier molecular flexibility index (Phi) is 5.28. The highest BCUT2D eigenvalue weighted by Gasteiger charge is 2.39. The molecule has 0 radical (unpaired) electrons. The summed E-state index contributed by atoms with van der Waals surface area (Å²) < 4.78 is 0. The number of aliphatic hydroxyl groups excluding tert-OH is 4. The molecule has 0 amide bonds. The van der Waals surface area contributed by atoms with Gasteiger partial charge in [-0.05, 0) is 12.0 Å². The third kappa shape index (κ3) is 3.43. The molecule has 0 aromatic rings. The molecule has 1 aliphatic carbocycles. The van der Waals surface area contributed by atoms with Gasteiger partial charge in [-0.15, -0.1) is 0 Å². The second kappa shape index (κ2) is 6.50. The lowest BCUT2D eigenvalue weighted by Gasteiger charge is -2.34. The molecule has 5 N–H and O–H groups in total. The summed E-state index contributed by atoms with van der Waals surface area (Å²) in [5.41, 5.74) is 8.24. The minimum absolute atomic E-state index is 0.128. The van der Waals surface area contributed by atoms with Crippen molar-refractivity contribution in [2.45, 2.75) is 30.8 Å². The smallest absolute Gasteiger partial charge is 0.331 e. The third-order valence-corrected chi connectivity index (χ3v) is 3.06. The quantitative estimate of drug-likeness (QED) is 0.239. The van der Waals surface area contributed by atoms with Crippen molar-refractivity contribution in [2.75, 3.05) is 6.61 Å². The van der Waals surface area contributed by atoms with Crippen molar-refractivity contribution in [3.8, 4) is 0 Å². The fourth-order valence-corrected chi connectivity index (χ4v) is 2.00. The highest BCUT2D eigenvalue weighted by Crippen LogP contribution is 2.29. The van der Waals surface area contributed by atoms with Gasteiger partial charge in [-0.3, -0.25) is 0 Å². The topological polar surface area (TPSA) is 167 Å². The summed E-state index contributed by atoms with van der Waals surface area (Å²) in [7, 11) is 0. The Hall–Kier alpha value is -1.64. The molecule has 0 heterocycles. The van der Waals surface area contributed by atoms with E-state index in [1.54, 1.807) is 0 Å². The Morgan fingerprint density at radius 3 is 2.68 bits per heavy atom.